The van der Waals surface area contributed by atoms with Crippen LogP contribution in [0.5, 0.6) is 0 Å². The van der Waals surface area contributed by atoms with Gasteiger partial charge in [-0.15, -0.1) is 11.3 Å². The summed E-state index contributed by atoms with van der Waals surface area (Å²) in [5.74, 6) is 0. The van der Waals surface area contributed by atoms with E-state index in [0.717, 1.165) is 5.52 Å². The molecule has 0 spiro atoms. The molecule has 2 nitrogen and oxygen atoms in total. The van der Waals surface area contributed by atoms with Gasteiger partial charge in [0.25, 0.3) is 0 Å². The van der Waals surface area contributed by atoms with Crippen molar-refractivity contribution in [2.45, 2.75) is 31.8 Å². The molecule has 0 amide bonds. The number of rotatable bonds is 3. The molecule has 1 aliphatic rings. The number of nitrogens with zero attached hydrogens (tertiary/aromatic N) is 1. The van der Waals surface area contributed by atoms with Crippen molar-refractivity contribution in [3.63, 3.8) is 0 Å². The van der Waals surface area contributed by atoms with E-state index in [-0.39, 0.29) is 0 Å². The second-order valence-electron chi connectivity index (χ2n) is 5.70. The van der Waals surface area contributed by atoms with E-state index in [1.54, 1.807) is 11.3 Å². The Balaban J connectivity index is 1.57. The van der Waals surface area contributed by atoms with Crippen molar-refractivity contribution in [1.82, 2.24) is 10.3 Å². The van der Waals surface area contributed by atoms with Crippen molar-refractivity contribution in [3.05, 3.63) is 64.7 Å². The molecule has 0 fully saturated rings. The first kappa shape index (κ1) is 13.0. The number of aryl methyl sites for hydroxylation is 1. The minimum absolute atomic E-state index is 0.290. The van der Waals surface area contributed by atoms with Crippen LogP contribution in [0.4, 0.5) is 0 Å². The molecular weight excluding hydrogens is 276 g/mol. The van der Waals surface area contributed by atoms with Crippen LogP contribution >= 0.6 is 11.3 Å². The first-order valence-electron chi connectivity index (χ1n) is 7.50. The molecule has 2 aromatic carbocycles. The smallest absolute Gasteiger partial charge is 0.111 e. The third kappa shape index (κ3) is 2.37. The lowest BCUT2D eigenvalue weighted by molar-refractivity contribution is 0.464. The molecule has 2 unspecified atom stereocenters. The number of para-hydroxylation sites is 1. The van der Waals surface area contributed by atoms with Crippen LogP contribution in [0.3, 0.4) is 0 Å². The highest BCUT2D eigenvalue weighted by molar-refractivity contribution is 7.18. The molecule has 2 atom stereocenters. The molecule has 21 heavy (non-hydrogen) atoms. The average molecular weight is 294 g/mol. The minimum Gasteiger partial charge on any atom is -0.301 e. The van der Waals surface area contributed by atoms with Crippen LogP contribution in [0.25, 0.3) is 10.2 Å². The summed E-state index contributed by atoms with van der Waals surface area (Å²) in [6, 6.07) is 17.9. The fraction of sp³-hybridized carbons (Fsp3) is 0.278. The monoisotopic (exact) mass is 294 g/mol. The molecule has 0 saturated carbocycles. The number of hydrogen-bond donors (Lipinski definition) is 1. The van der Waals surface area contributed by atoms with E-state index in [9.17, 15) is 0 Å². The summed E-state index contributed by atoms with van der Waals surface area (Å²) in [7, 11) is 0. The summed E-state index contributed by atoms with van der Waals surface area (Å²) in [5.41, 5.74) is 4.06. The van der Waals surface area contributed by atoms with Crippen molar-refractivity contribution in [1.29, 1.82) is 0 Å². The van der Waals surface area contributed by atoms with Crippen molar-refractivity contribution in [3.8, 4) is 0 Å². The zero-order valence-electron chi connectivity index (χ0n) is 12.0. The van der Waals surface area contributed by atoms with Gasteiger partial charge in [-0.3, -0.25) is 0 Å². The van der Waals surface area contributed by atoms with Crippen LogP contribution in [0.2, 0.25) is 0 Å². The molecule has 1 aliphatic carbocycles. The van der Waals surface area contributed by atoms with Gasteiger partial charge < -0.3 is 5.32 Å². The molecule has 0 aliphatic heterocycles. The summed E-state index contributed by atoms with van der Waals surface area (Å²) in [6.45, 7) is 2.22. The standard InChI is InChI=1S/C18H18N2S/c1-12(18-20-16-8-4-5-9-17(16)21-18)19-15-11-10-13-6-2-3-7-14(13)15/h2-9,12,15,19H,10-11H2,1H3. The second-order valence-corrected chi connectivity index (χ2v) is 6.76. The van der Waals surface area contributed by atoms with Crippen LogP contribution in [0.15, 0.2) is 48.5 Å². The molecule has 0 bridgehead atoms. The summed E-state index contributed by atoms with van der Waals surface area (Å²) in [6.07, 6.45) is 2.37. The van der Waals surface area contributed by atoms with Gasteiger partial charge in [-0.05, 0) is 43.0 Å². The fourth-order valence-electron chi connectivity index (χ4n) is 3.18. The number of fused-ring (bicyclic) bond motifs is 2. The van der Waals surface area contributed by atoms with Gasteiger partial charge in [-0.1, -0.05) is 36.4 Å². The quantitative estimate of drug-likeness (QED) is 0.761. The first-order chi connectivity index (χ1) is 10.3. The van der Waals surface area contributed by atoms with E-state index in [1.807, 2.05) is 0 Å². The van der Waals surface area contributed by atoms with Crippen molar-refractivity contribution < 1.29 is 0 Å². The van der Waals surface area contributed by atoms with E-state index in [4.69, 9.17) is 4.98 Å². The molecule has 3 heteroatoms. The van der Waals surface area contributed by atoms with Gasteiger partial charge in [0.15, 0.2) is 0 Å². The molecule has 1 heterocycles. The molecule has 1 aromatic heterocycles. The van der Waals surface area contributed by atoms with Crippen molar-refractivity contribution in [2.75, 3.05) is 0 Å². The van der Waals surface area contributed by atoms with E-state index < -0.39 is 0 Å². The Morgan fingerprint density at radius 2 is 1.95 bits per heavy atom. The molecule has 1 N–H and O–H groups in total. The fourth-order valence-corrected chi connectivity index (χ4v) is 4.16. The maximum atomic E-state index is 4.77. The van der Waals surface area contributed by atoms with Gasteiger partial charge in [0.2, 0.25) is 0 Å². The molecule has 4 rings (SSSR count). The summed E-state index contributed by atoms with van der Waals surface area (Å²) in [4.78, 5) is 4.77. The van der Waals surface area contributed by atoms with Crippen LogP contribution in [-0.4, -0.2) is 4.98 Å². The van der Waals surface area contributed by atoms with E-state index >= 15 is 0 Å². The van der Waals surface area contributed by atoms with Crippen molar-refractivity contribution >= 4 is 21.6 Å². The van der Waals surface area contributed by atoms with Gasteiger partial charge in [0.05, 0.1) is 16.3 Å². The molecule has 106 valence electrons. The summed E-state index contributed by atoms with van der Waals surface area (Å²) in [5, 5.41) is 4.94. The second kappa shape index (κ2) is 5.24. The number of thiazole rings is 1. The lowest BCUT2D eigenvalue weighted by Crippen LogP contribution is -2.22. The first-order valence-corrected chi connectivity index (χ1v) is 8.32. The number of nitrogens with one attached hydrogen (secondary N) is 1. The predicted molar refractivity (Wildman–Crippen MR) is 88.7 cm³/mol. The Labute approximate surface area is 128 Å². The SMILES string of the molecule is CC(NC1CCc2ccccc21)c1nc2ccccc2s1. The maximum Gasteiger partial charge on any atom is 0.111 e. The normalized spacial score (nSPS) is 18.8. The van der Waals surface area contributed by atoms with Gasteiger partial charge in [-0.25, -0.2) is 4.98 Å². The Morgan fingerprint density at radius 1 is 1.14 bits per heavy atom. The topological polar surface area (TPSA) is 24.9 Å². The number of benzene rings is 2. The highest BCUT2D eigenvalue weighted by Crippen LogP contribution is 2.34. The van der Waals surface area contributed by atoms with Crippen LogP contribution in [0.1, 0.15) is 41.6 Å². The number of hydrogen-bond acceptors (Lipinski definition) is 3. The minimum atomic E-state index is 0.290. The molecular formula is C18H18N2S. The highest BCUT2D eigenvalue weighted by atomic mass is 32.1. The van der Waals surface area contributed by atoms with Gasteiger partial charge in [0.1, 0.15) is 5.01 Å². The van der Waals surface area contributed by atoms with Gasteiger partial charge in [-0.2, -0.15) is 0 Å². The summed E-state index contributed by atoms with van der Waals surface area (Å²) < 4.78 is 1.27. The zero-order valence-corrected chi connectivity index (χ0v) is 12.9. The Bertz CT molecular complexity index is 744. The average Bonchev–Trinajstić information content (AvgIpc) is 3.11. The predicted octanol–water partition coefficient (Wildman–Crippen LogP) is 4.63. The molecule has 0 radical (unpaired) electrons. The molecule has 3 aromatic rings. The zero-order chi connectivity index (χ0) is 14.2. The Morgan fingerprint density at radius 3 is 2.86 bits per heavy atom. The highest BCUT2D eigenvalue weighted by Gasteiger charge is 2.24. The third-order valence-corrected chi connectivity index (χ3v) is 5.48. The number of aromatic nitrogens is 1. The van der Waals surface area contributed by atoms with Crippen LogP contribution < -0.4 is 5.32 Å². The molecule has 0 saturated heterocycles. The van der Waals surface area contributed by atoms with Gasteiger partial charge >= 0.3 is 0 Å². The largest absolute Gasteiger partial charge is 0.301 e. The van der Waals surface area contributed by atoms with Gasteiger partial charge in [0, 0.05) is 6.04 Å². The van der Waals surface area contributed by atoms with Crippen LogP contribution in [-0.2, 0) is 6.42 Å². The maximum absolute atomic E-state index is 4.77. The van der Waals surface area contributed by atoms with Crippen LogP contribution in [0, 0.1) is 0 Å². The third-order valence-electron chi connectivity index (χ3n) is 4.26. The lowest BCUT2D eigenvalue weighted by Gasteiger charge is -2.18. The van der Waals surface area contributed by atoms with E-state index in [1.165, 1.54) is 33.7 Å². The van der Waals surface area contributed by atoms with E-state index in [2.05, 4.69) is 60.8 Å². The lowest BCUT2D eigenvalue weighted by atomic mass is 10.1. The Kier molecular flexibility index (Phi) is 3.24. The summed E-state index contributed by atoms with van der Waals surface area (Å²) >= 11 is 1.80. The van der Waals surface area contributed by atoms with Crippen molar-refractivity contribution in [2.24, 2.45) is 0 Å². The Hall–Kier alpha value is -1.71. The van der Waals surface area contributed by atoms with E-state index in [0.29, 0.717) is 12.1 Å².